The van der Waals surface area contributed by atoms with Gasteiger partial charge in [0.2, 0.25) is 0 Å². The average molecular weight is 859 g/mol. The van der Waals surface area contributed by atoms with Crippen molar-refractivity contribution in [2.75, 3.05) is 19.0 Å². The van der Waals surface area contributed by atoms with Gasteiger partial charge in [-0.3, -0.25) is 0 Å². The van der Waals surface area contributed by atoms with Crippen molar-refractivity contribution in [1.82, 2.24) is 14.5 Å². The number of anilines is 1. The van der Waals surface area contributed by atoms with Crippen LogP contribution >= 0.6 is 0 Å². The number of likely N-dealkylation sites (N-methyl/N-ethyl adjacent to an activating group) is 1. The first-order valence-electron chi connectivity index (χ1n) is 19.4. The predicted octanol–water partition coefficient (Wildman–Crippen LogP) is 10.6. The number of nitrogens with zero attached hydrogens (tertiary/aromatic N) is 4. The molecule has 0 unspecified atom stereocenters. The molecule has 0 bridgehead atoms. The van der Waals surface area contributed by atoms with Gasteiger partial charge in [-0.15, -0.1) is 35.4 Å². The summed E-state index contributed by atoms with van der Waals surface area (Å²) >= 11 is 0. The maximum Gasteiger partial charge on any atom is 0.135 e. The molecule has 0 atom stereocenters. The number of para-hydroxylation sites is 2. The van der Waals surface area contributed by atoms with E-state index in [1.807, 2.05) is 36.5 Å². The van der Waals surface area contributed by atoms with E-state index in [0.29, 0.717) is 17.1 Å². The van der Waals surface area contributed by atoms with E-state index >= 15 is 0 Å². The second-order valence-electron chi connectivity index (χ2n) is 13.3. The molecule has 5 nitrogen and oxygen atoms in total. The van der Waals surface area contributed by atoms with Crippen molar-refractivity contribution in [2.24, 2.45) is 0 Å². The molecule has 2 aromatic heterocycles. The van der Waals surface area contributed by atoms with Crippen LogP contribution in [-0.2, 0) is 31.9 Å². The topological polar surface area (TPSA) is 33.5 Å². The molecule has 264 valence electrons. The summed E-state index contributed by atoms with van der Waals surface area (Å²) in [5.74, 6) is 1.50. The van der Waals surface area contributed by atoms with Crippen molar-refractivity contribution < 1.29 is 34.0 Å². The fourth-order valence-corrected chi connectivity index (χ4v) is 5.98. The van der Waals surface area contributed by atoms with Crippen LogP contribution in [0.25, 0.3) is 27.6 Å². The minimum Gasteiger partial charge on any atom is -0.526 e. The number of pyridine rings is 1. The standard InChI is InChI=1S/C45H45N4O.Pt/c1-10-35(28-32(2)47(8)31-48(9)41-23-17-15-21-39(41)45(6,7)33-18-12-11-13-19-33)50-36-24-25-38-37-20-14-16-22-40(37)49(42(38)30-36)43-29-34(26-27-46-43)44(3,4)5;/h10-27,29,31H,1-2H2,3-9H3;/q-3;/i6D3,7D3;. The van der Waals surface area contributed by atoms with Crippen LogP contribution in [0.5, 0.6) is 5.75 Å². The molecule has 0 aliphatic rings. The van der Waals surface area contributed by atoms with Crippen molar-refractivity contribution in [3.05, 3.63) is 176 Å². The number of fused-ring (bicyclic) bond motifs is 3. The monoisotopic (exact) mass is 858 g/mol. The molecule has 6 rings (SSSR count). The van der Waals surface area contributed by atoms with Crippen LogP contribution in [0.1, 0.15) is 59.4 Å². The first kappa shape index (κ1) is 29.8. The number of aromatic nitrogens is 2. The van der Waals surface area contributed by atoms with Gasteiger partial charge >= 0.3 is 0 Å². The van der Waals surface area contributed by atoms with E-state index in [-0.39, 0.29) is 43.4 Å². The Kier molecular flexibility index (Phi) is 8.87. The molecule has 0 saturated heterocycles. The summed E-state index contributed by atoms with van der Waals surface area (Å²) in [6, 6.07) is 34.4. The Morgan fingerprint density at radius 2 is 1.63 bits per heavy atom. The number of rotatable bonds is 11. The van der Waals surface area contributed by atoms with Gasteiger partial charge in [-0.1, -0.05) is 107 Å². The van der Waals surface area contributed by atoms with E-state index in [1.165, 1.54) is 6.08 Å². The van der Waals surface area contributed by atoms with Crippen molar-refractivity contribution >= 4 is 27.5 Å². The second kappa shape index (κ2) is 15.2. The Labute approximate surface area is 326 Å². The number of hydrogen-bond acceptors (Lipinski definition) is 4. The van der Waals surface area contributed by atoms with E-state index in [9.17, 15) is 0 Å². The van der Waals surface area contributed by atoms with Crippen LogP contribution in [0, 0.1) is 18.8 Å². The molecule has 0 fully saturated rings. The van der Waals surface area contributed by atoms with Gasteiger partial charge in [-0.05, 0) is 65.9 Å². The van der Waals surface area contributed by atoms with Gasteiger partial charge in [0.1, 0.15) is 5.82 Å². The summed E-state index contributed by atoms with van der Waals surface area (Å²) in [4.78, 5) is 8.11. The number of allylic oxidation sites excluding steroid dienone is 2. The summed E-state index contributed by atoms with van der Waals surface area (Å²) < 4.78 is 60.2. The van der Waals surface area contributed by atoms with E-state index < -0.39 is 19.1 Å². The Morgan fingerprint density at radius 1 is 0.922 bits per heavy atom. The zero-order valence-electron chi connectivity index (χ0n) is 35.5. The average Bonchev–Trinajstić information content (AvgIpc) is 3.47. The minimum atomic E-state index is -2.93. The van der Waals surface area contributed by atoms with Crippen LogP contribution in [0.15, 0.2) is 140 Å². The van der Waals surface area contributed by atoms with Crippen LogP contribution in [0.3, 0.4) is 0 Å². The molecule has 6 aromatic rings. The van der Waals surface area contributed by atoms with Crippen molar-refractivity contribution in [3.8, 4) is 11.6 Å². The molecule has 0 aliphatic carbocycles. The smallest absolute Gasteiger partial charge is 0.135 e. The molecule has 0 saturated carbocycles. The third-order valence-electron chi connectivity index (χ3n) is 8.74. The van der Waals surface area contributed by atoms with Gasteiger partial charge in [-0.25, -0.2) is 4.98 Å². The first-order chi connectivity index (χ1) is 26.4. The van der Waals surface area contributed by atoms with E-state index in [4.69, 9.17) is 17.9 Å². The molecular formula is C45H45N4OPt-3. The van der Waals surface area contributed by atoms with Crippen molar-refractivity contribution in [3.63, 3.8) is 0 Å². The molecule has 2 heterocycles. The maximum atomic E-state index is 8.64. The molecule has 0 radical (unpaired) electrons. The van der Waals surface area contributed by atoms with Gasteiger partial charge in [0.15, 0.2) is 0 Å². The normalized spacial score (nSPS) is 14.3. The van der Waals surface area contributed by atoms with Gasteiger partial charge in [-0.2, -0.15) is 25.9 Å². The molecule has 6 heteroatoms. The van der Waals surface area contributed by atoms with Crippen LogP contribution in [-0.4, -0.2) is 28.5 Å². The summed E-state index contributed by atoms with van der Waals surface area (Å²) in [6.07, 6.45) is 6.53. The Hall–Kier alpha value is -4.86. The molecular weight excluding hydrogens is 808 g/mol. The summed E-state index contributed by atoms with van der Waals surface area (Å²) in [7, 11) is 3.48. The predicted molar refractivity (Wildman–Crippen MR) is 208 cm³/mol. The summed E-state index contributed by atoms with van der Waals surface area (Å²) in [5, 5.41) is 2.06. The van der Waals surface area contributed by atoms with Gasteiger partial charge < -0.3 is 19.1 Å². The van der Waals surface area contributed by atoms with Gasteiger partial charge in [0.25, 0.3) is 0 Å². The van der Waals surface area contributed by atoms with E-state index in [2.05, 4.69) is 68.8 Å². The van der Waals surface area contributed by atoms with Crippen LogP contribution < -0.4 is 9.64 Å². The number of ether oxygens (including phenoxy) is 1. The molecule has 0 aliphatic heterocycles. The van der Waals surface area contributed by atoms with Gasteiger partial charge in [0, 0.05) is 63.6 Å². The summed E-state index contributed by atoms with van der Waals surface area (Å²) in [6.45, 7) is 10.5. The number of benzene rings is 4. The third kappa shape index (κ3) is 7.75. The zero-order chi connectivity index (χ0) is 40.6. The minimum absolute atomic E-state index is 0. The molecule has 0 spiro atoms. The van der Waals surface area contributed by atoms with Crippen LogP contribution in [0.4, 0.5) is 5.69 Å². The molecule has 0 N–H and O–H groups in total. The van der Waals surface area contributed by atoms with E-state index in [0.717, 1.165) is 33.2 Å². The van der Waals surface area contributed by atoms with Gasteiger partial charge in [0.05, 0.1) is 0 Å². The first-order valence-corrected chi connectivity index (χ1v) is 16.4. The molecule has 0 amide bonds. The fraction of sp³-hybridized carbons (Fsp3) is 0.200. The Morgan fingerprint density at radius 3 is 2.35 bits per heavy atom. The fourth-order valence-electron chi connectivity index (χ4n) is 5.98. The zero-order valence-corrected chi connectivity index (χ0v) is 31.7. The Balaban J connectivity index is 0.00000620. The molecule has 4 aromatic carbocycles. The Bertz CT molecular complexity index is 2420. The maximum absolute atomic E-state index is 8.64. The van der Waals surface area contributed by atoms with E-state index in [1.54, 1.807) is 85.2 Å². The quantitative estimate of drug-likeness (QED) is 0.0738. The molecule has 51 heavy (non-hydrogen) atoms. The summed E-state index contributed by atoms with van der Waals surface area (Å²) in [5.41, 5.74) is 1.67. The largest absolute Gasteiger partial charge is 0.526 e. The van der Waals surface area contributed by atoms with Crippen LogP contribution in [0.2, 0.25) is 0 Å². The van der Waals surface area contributed by atoms with Crippen molar-refractivity contribution in [2.45, 2.75) is 45.3 Å². The SMILES string of the molecule is [2H]C([2H])([2H])C(c1ccccc1)(c1ccccc1N(C)[CH-]N(C)C(=C)[C-]=C(C=C)Oc1[c-]c2c(cc1)c1ccccc1n2-c1cc(C(C)(C)C)ccn1)C([2H])([2H])[2H].[Pt]. The number of hydrogen-bond donors (Lipinski definition) is 0. The van der Waals surface area contributed by atoms with Crippen molar-refractivity contribution in [1.29, 1.82) is 0 Å². The second-order valence-corrected chi connectivity index (χ2v) is 13.3. The third-order valence-corrected chi connectivity index (χ3v) is 8.74.